The highest BCUT2D eigenvalue weighted by Gasteiger charge is 2.12. The topological polar surface area (TPSA) is 148 Å². The van der Waals surface area contributed by atoms with Gasteiger partial charge in [0.05, 0.1) is 26.4 Å². The van der Waals surface area contributed by atoms with Crippen molar-refractivity contribution in [3.8, 4) is 0 Å². The Morgan fingerprint density at radius 2 is 1.60 bits per heavy atom. The Kier molecular flexibility index (Phi) is 12.7. The van der Waals surface area contributed by atoms with Gasteiger partial charge >= 0.3 is 0 Å². The average Bonchev–Trinajstić information content (AvgIpc) is 2.83. The number of rotatable bonds is 17. The molecular weight excluding hydrogens is 448 g/mol. The van der Waals surface area contributed by atoms with E-state index in [9.17, 15) is 4.79 Å². The van der Waals surface area contributed by atoms with Crippen molar-refractivity contribution in [1.29, 1.82) is 0 Å². The minimum absolute atomic E-state index is 0.167. The van der Waals surface area contributed by atoms with Crippen LogP contribution in [0.1, 0.15) is 50.9 Å². The Balaban J connectivity index is 1.99. The Labute approximate surface area is 208 Å². The number of aromatic nitrogens is 3. The predicted octanol–water partition coefficient (Wildman–Crippen LogP) is 2.76. The number of anilines is 4. The van der Waals surface area contributed by atoms with Gasteiger partial charge in [-0.1, -0.05) is 19.9 Å². The van der Waals surface area contributed by atoms with Gasteiger partial charge in [-0.25, -0.2) is 0 Å². The van der Waals surface area contributed by atoms with Crippen LogP contribution in [0.5, 0.6) is 0 Å². The normalized spacial score (nSPS) is 11.1. The van der Waals surface area contributed by atoms with Crippen molar-refractivity contribution in [2.45, 2.75) is 52.6 Å². The third-order valence-corrected chi connectivity index (χ3v) is 4.92. The van der Waals surface area contributed by atoms with Crippen LogP contribution in [0.3, 0.4) is 0 Å². The highest BCUT2D eigenvalue weighted by molar-refractivity contribution is 5.95. The van der Waals surface area contributed by atoms with E-state index in [4.69, 9.17) is 15.2 Å². The number of carbonyl (C=O) groups excluding carboxylic acids is 1. The molecule has 0 spiro atoms. The van der Waals surface area contributed by atoms with Crippen LogP contribution in [0.4, 0.5) is 23.5 Å². The minimum atomic E-state index is -0.189. The largest absolute Gasteiger partial charge is 0.378 e. The van der Waals surface area contributed by atoms with Crippen molar-refractivity contribution in [3.05, 3.63) is 29.8 Å². The van der Waals surface area contributed by atoms with Gasteiger partial charge < -0.3 is 36.5 Å². The predicted molar refractivity (Wildman–Crippen MR) is 139 cm³/mol. The lowest BCUT2D eigenvalue weighted by molar-refractivity contribution is 0.0511. The number of carbonyl (C=O) groups is 1. The Hall–Kier alpha value is -3.02. The van der Waals surface area contributed by atoms with Crippen LogP contribution < -0.4 is 27.0 Å². The minimum Gasteiger partial charge on any atom is -0.378 e. The molecule has 0 saturated heterocycles. The van der Waals surface area contributed by atoms with Crippen molar-refractivity contribution >= 4 is 29.4 Å². The zero-order valence-electron chi connectivity index (χ0n) is 21.3. The average molecular weight is 489 g/mol. The Morgan fingerprint density at radius 1 is 0.943 bits per heavy atom. The number of hydrogen-bond acceptors (Lipinski definition) is 10. The van der Waals surface area contributed by atoms with Crippen molar-refractivity contribution in [3.63, 3.8) is 0 Å². The van der Waals surface area contributed by atoms with Crippen LogP contribution >= 0.6 is 0 Å². The lowest BCUT2D eigenvalue weighted by Crippen LogP contribution is -2.27. The van der Waals surface area contributed by atoms with Gasteiger partial charge in [0.15, 0.2) is 0 Å². The van der Waals surface area contributed by atoms with Gasteiger partial charge in [-0.3, -0.25) is 4.79 Å². The highest BCUT2D eigenvalue weighted by Crippen LogP contribution is 2.18. The first-order chi connectivity index (χ1) is 16.9. The molecule has 11 nitrogen and oxygen atoms in total. The van der Waals surface area contributed by atoms with Crippen LogP contribution in [0.2, 0.25) is 0 Å². The number of ether oxygens (including phenoxy) is 2. The molecule has 0 saturated carbocycles. The van der Waals surface area contributed by atoms with Crippen molar-refractivity contribution in [2.24, 2.45) is 5.73 Å². The first-order valence-corrected chi connectivity index (χ1v) is 12.2. The van der Waals surface area contributed by atoms with E-state index in [2.05, 4.69) is 50.1 Å². The van der Waals surface area contributed by atoms with Crippen molar-refractivity contribution < 1.29 is 14.3 Å². The SMILES string of the molecule is CCC(CC)Nc1nc(Nc2cccc(C(=O)NCCOCCOCCN)c2)nc(NC(C)C)n1. The number of hydrogen-bond donors (Lipinski definition) is 5. The standard InChI is InChI=1S/C24H40N8O3/c1-5-19(6-2)28-23-30-22(27-17(3)4)31-24(32-23)29-20-9-7-8-18(16-20)21(33)26-11-13-35-15-14-34-12-10-25/h7-9,16-17,19H,5-6,10-15,25H2,1-4H3,(H,26,33)(H3,27,28,29,30,31,32). The van der Waals surface area contributed by atoms with Gasteiger partial charge in [0, 0.05) is 36.4 Å². The molecule has 1 heterocycles. The summed E-state index contributed by atoms with van der Waals surface area (Å²) >= 11 is 0. The van der Waals surface area contributed by atoms with Crippen molar-refractivity contribution in [2.75, 3.05) is 55.5 Å². The number of nitrogens with two attached hydrogens (primary N) is 1. The summed E-state index contributed by atoms with van der Waals surface area (Å²) in [6, 6.07) is 7.60. The van der Waals surface area contributed by atoms with E-state index in [-0.39, 0.29) is 18.0 Å². The first-order valence-electron chi connectivity index (χ1n) is 12.2. The van der Waals surface area contributed by atoms with Crippen LogP contribution in [0, 0.1) is 0 Å². The zero-order chi connectivity index (χ0) is 25.5. The quantitative estimate of drug-likeness (QED) is 0.210. The summed E-state index contributed by atoms with van der Waals surface area (Å²) < 4.78 is 10.7. The summed E-state index contributed by atoms with van der Waals surface area (Å²) in [5, 5.41) is 12.6. The fourth-order valence-electron chi connectivity index (χ4n) is 3.11. The molecule has 6 N–H and O–H groups in total. The summed E-state index contributed by atoms with van der Waals surface area (Å²) in [7, 11) is 0. The monoisotopic (exact) mass is 488 g/mol. The molecule has 0 aliphatic rings. The molecule has 2 rings (SSSR count). The Morgan fingerprint density at radius 3 is 2.26 bits per heavy atom. The summed E-state index contributed by atoms with van der Waals surface area (Å²) in [5.41, 5.74) is 6.57. The lowest BCUT2D eigenvalue weighted by atomic mass is 10.2. The van der Waals surface area contributed by atoms with E-state index in [1.165, 1.54) is 0 Å². The second kappa shape index (κ2) is 15.8. The molecule has 1 amide bonds. The molecule has 0 unspecified atom stereocenters. The second-order valence-corrected chi connectivity index (χ2v) is 8.24. The maximum Gasteiger partial charge on any atom is 0.251 e. The number of amides is 1. The molecule has 0 fully saturated rings. The molecule has 1 aromatic carbocycles. The van der Waals surface area contributed by atoms with Gasteiger partial charge in [-0.2, -0.15) is 15.0 Å². The fraction of sp³-hybridized carbons (Fsp3) is 0.583. The highest BCUT2D eigenvalue weighted by atomic mass is 16.5. The van der Waals surface area contributed by atoms with E-state index >= 15 is 0 Å². The zero-order valence-corrected chi connectivity index (χ0v) is 21.3. The maximum atomic E-state index is 12.5. The second-order valence-electron chi connectivity index (χ2n) is 8.24. The van der Waals surface area contributed by atoms with E-state index < -0.39 is 0 Å². The van der Waals surface area contributed by atoms with Crippen LogP contribution in [0.15, 0.2) is 24.3 Å². The number of nitrogens with zero attached hydrogens (tertiary/aromatic N) is 3. The third-order valence-electron chi connectivity index (χ3n) is 4.92. The smallest absolute Gasteiger partial charge is 0.251 e. The van der Waals surface area contributed by atoms with Gasteiger partial charge in [0.25, 0.3) is 5.91 Å². The summed E-state index contributed by atoms with van der Waals surface area (Å²) in [6.45, 7) is 11.0. The summed E-state index contributed by atoms with van der Waals surface area (Å²) in [5.74, 6) is 1.18. The number of benzene rings is 1. The Bertz CT molecular complexity index is 893. The van der Waals surface area contributed by atoms with Gasteiger partial charge in [0.1, 0.15) is 0 Å². The van der Waals surface area contributed by atoms with E-state index in [0.29, 0.717) is 68.6 Å². The maximum absolute atomic E-state index is 12.5. The van der Waals surface area contributed by atoms with Crippen LogP contribution in [-0.2, 0) is 9.47 Å². The molecule has 2 aromatic rings. The van der Waals surface area contributed by atoms with Crippen LogP contribution in [0.25, 0.3) is 0 Å². The van der Waals surface area contributed by atoms with Crippen LogP contribution in [-0.4, -0.2) is 72.5 Å². The lowest BCUT2D eigenvalue weighted by Gasteiger charge is -2.17. The molecule has 0 aliphatic carbocycles. The molecule has 194 valence electrons. The van der Waals surface area contributed by atoms with E-state index in [1.54, 1.807) is 18.2 Å². The third kappa shape index (κ3) is 10.8. The molecule has 0 radical (unpaired) electrons. The van der Waals surface area contributed by atoms with E-state index in [1.807, 2.05) is 19.9 Å². The number of nitrogens with one attached hydrogen (secondary N) is 4. The van der Waals surface area contributed by atoms with Gasteiger partial charge in [-0.05, 0) is 44.9 Å². The molecule has 0 bridgehead atoms. The first kappa shape index (κ1) is 28.2. The van der Waals surface area contributed by atoms with E-state index in [0.717, 1.165) is 12.8 Å². The molecule has 0 atom stereocenters. The van der Waals surface area contributed by atoms with Crippen molar-refractivity contribution in [1.82, 2.24) is 20.3 Å². The molecule has 11 heteroatoms. The van der Waals surface area contributed by atoms with Gasteiger partial charge in [0.2, 0.25) is 17.8 Å². The molecular formula is C24H40N8O3. The fourth-order valence-corrected chi connectivity index (χ4v) is 3.11. The molecule has 35 heavy (non-hydrogen) atoms. The van der Waals surface area contributed by atoms with Gasteiger partial charge in [-0.15, -0.1) is 0 Å². The summed E-state index contributed by atoms with van der Waals surface area (Å²) in [6.07, 6.45) is 1.92. The molecule has 1 aromatic heterocycles. The summed E-state index contributed by atoms with van der Waals surface area (Å²) in [4.78, 5) is 26.0. The molecule has 0 aliphatic heterocycles.